The van der Waals surface area contributed by atoms with E-state index in [1.54, 1.807) is 42.6 Å². The number of Topliss-reactive ketones (excluding diaryl/α,β-unsaturated/α-hetero) is 1. The van der Waals surface area contributed by atoms with Crippen LogP contribution in [0.25, 0.3) is 0 Å². The molecule has 2 aliphatic heterocycles. The molecule has 3 aromatic rings. The van der Waals surface area contributed by atoms with E-state index in [1.165, 1.54) is 18.3 Å². The van der Waals surface area contributed by atoms with Crippen molar-refractivity contribution in [3.63, 3.8) is 0 Å². The van der Waals surface area contributed by atoms with E-state index >= 15 is 0 Å². The Morgan fingerprint density at radius 1 is 1.15 bits per heavy atom. The summed E-state index contributed by atoms with van der Waals surface area (Å²) in [5, 5.41) is 0. The highest BCUT2D eigenvalue weighted by Crippen LogP contribution is 2.48. The Morgan fingerprint density at radius 2 is 1.93 bits per heavy atom. The minimum absolute atomic E-state index is 0.156. The number of hydrogen-bond donors (Lipinski definition) is 1. The number of benzene rings is 2. The predicted octanol–water partition coefficient (Wildman–Crippen LogP) is 4.84. The van der Waals surface area contributed by atoms with E-state index in [0.717, 1.165) is 11.1 Å². The number of aryl methyl sites for hydroxylation is 1. The van der Waals surface area contributed by atoms with Crippen molar-refractivity contribution in [1.29, 1.82) is 0 Å². The monoisotopic (exact) mass is 572 g/mol. The molecule has 1 saturated heterocycles. The molecule has 1 fully saturated rings. The fourth-order valence-corrected chi connectivity index (χ4v) is 6.83. The first-order chi connectivity index (χ1) is 19.9. The summed E-state index contributed by atoms with van der Waals surface area (Å²) in [4.78, 5) is 24.1. The van der Waals surface area contributed by atoms with Gasteiger partial charge in [0, 0.05) is 18.8 Å². The van der Waals surface area contributed by atoms with Gasteiger partial charge in [-0.25, -0.2) is 9.38 Å². The molecule has 1 aliphatic carbocycles. The molecule has 0 saturated carbocycles. The summed E-state index contributed by atoms with van der Waals surface area (Å²) in [5.41, 5.74) is 9.08. The Balaban J connectivity index is 1.40. The van der Waals surface area contributed by atoms with Gasteiger partial charge in [0.25, 0.3) is 0 Å². The number of rotatable bonds is 5. The first kappa shape index (κ1) is 27.2. The van der Waals surface area contributed by atoms with Gasteiger partial charge in [-0.05, 0) is 91.7 Å². The Hall–Kier alpha value is -3.99. The minimum atomic E-state index is -1.56. The molecular weight excluding hydrogens is 543 g/mol. The third-order valence-corrected chi connectivity index (χ3v) is 9.07. The maximum atomic E-state index is 14.4. The quantitative estimate of drug-likeness (QED) is 0.344. The standard InChI is InChI=1S/C31H29FN4O4S/c1-20-8-10-34-27(14-20)30(37)31-17-21(18-33)26(35-24-4-2-23(32)3-5-24)15-22(31)9-11-36(19-31)41(38)25-6-7-28-29(16-25)40-13-12-39-28/h2-8,10,14-16,18H,9,11-13,17,19,33H2,1H3. The van der Waals surface area contributed by atoms with Crippen molar-refractivity contribution >= 4 is 28.5 Å². The van der Waals surface area contributed by atoms with Gasteiger partial charge in [-0.1, -0.05) is 5.57 Å². The van der Waals surface area contributed by atoms with Crippen LogP contribution in [0.4, 0.5) is 10.1 Å². The highest BCUT2D eigenvalue weighted by atomic mass is 32.2. The van der Waals surface area contributed by atoms with Gasteiger partial charge in [-0.15, -0.1) is 4.31 Å². The maximum Gasteiger partial charge on any atom is 0.193 e. The van der Waals surface area contributed by atoms with Gasteiger partial charge < -0.3 is 19.8 Å². The van der Waals surface area contributed by atoms with Crippen LogP contribution < -0.4 is 15.2 Å². The smallest absolute Gasteiger partial charge is 0.193 e. The van der Waals surface area contributed by atoms with E-state index in [0.29, 0.717) is 65.2 Å². The number of piperidine rings is 1. The summed E-state index contributed by atoms with van der Waals surface area (Å²) in [6.45, 7) is 3.48. The van der Waals surface area contributed by atoms with E-state index in [1.807, 2.05) is 23.4 Å². The Bertz CT molecular complexity index is 1590. The predicted molar refractivity (Wildman–Crippen MR) is 154 cm³/mol. The average molecular weight is 573 g/mol. The van der Waals surface area contributed by atoms with Gasteiger partial charge in [0.1, 0.15) is 24.7 Å². The van der Waals surface area contributed by atoms with Gasteiger partial charge in [-0.2, -0.15) is 0 Å². The van der Waals surface area contributed by atoms with Crippen molar-refractivity contribution in [1.82, 2.24) is 9.29 Å². The van der Waals surface area contributed by atoms with Crippen molar-refractivity contribution in [2.45, 2.75) is 24.7 Å². The zero-order valence-corrected chi connectivity index (χ0v) is 23.3. The number of ketones is 1. The largest absolute Gasteiger partial charge is 0.593 e. The van der Waals surface area contributed by atoms with Crippen LogP contribution in [0.3, 0.4) is 0 Å². The topological polar surface area (TPSA) is 113 Å². The lowest BCUT2D eigenvalue weighted by Crippen LogP contribution is -2.53. The van der Waals surface area contributed by atoms with Crippen LogP contribution >= 0.6 is 0 Å². The molecule has 2 atom stereocenters. The molecule has 0 radical (unpaired) electrons. The molecule has 0 amide bonds. The lowest BCUT2D eigenvalue weighted by molar-refractivity contribution is 0.0770. The van der Waals surface area contributed by atoms with E-state index < -0.39 is 16.8 Å². The number of hydrogen-bond acceptors (Lipinski definition) is 8. The van der Waals surface area contributed by atoms with Gasteiger partial charge in [0.05, 0.1) is 34.7 Å². The zero-order valence-electron chi connectivity index (χ0n) is 22.5. The summed E-state index contributed by atoms with van der Waals surface area (Å²) < 4.78 is 40.5. The summed E-state index contributed by atoms with van der Waals surface area (Å²) in [6, 6.07) is 14.8. The second-order valence-corrected chi connectivity index (χ2v) is 11.8. The fraction of sp³-hybridized carbons (Fsp3) is 0.258. The second-order valence-electron chi connectivity index (χ2n) is 10.3. The fourth-order valence-electron chi connectivity index (χ4n) is 5.55. The molecule has 0 bridgehead atoms. The number of pyridine rings is 1. The zero-order chi connectivity index (χ0) is 28.6. The SMILES string of the molecule is Cc1ccnc(C(=O)C23CC(=CN)C(=Nc4ccc(F)cc4)C=C2CCN([S+]([O-])c2ccc4c(c2)OCCO4)C3)c1. The van der Waals surface area contributed by atoms with Crippen molar-refractivity contribution in [3.8, 4) is 11.5 Å². The van der Waals surface area contributed by atoms with Gasteiger partial charge in [-0.3, -0.25) is 9.78 Å². The van der Waals surface area contributed by atoms with Crippen molar-refractivity contribution < 1.29 is 23.2 Å². The van der Waals surface area contributed by atoms with Crippen LogP contribution in [-0.4, -0.2) is 51.6 Å². The number of nitrogens with two attached hydrogens (primary N) is 1. The number of nitrogens with zero attached hydrogens (tertiary/aromatic N) is 3. The molecule has 8 nitrogen and oxygen atoms in total. The number of fused-ring (bicyclic) bond motifs is 2. The van der Waals surface area contributed by atoms with Crippen molar-refractivity contribution in [2.24, 2.45) is 16.1 Å². The third kappa shape index (κ3) is 5.26. The van der Waals surface area contributed by atoms with Crippen LogP contribution in [0.1, 0.15) is 28.9 Å². The van der Waals surface area contributed by atoms with Crippen LogP contribution in [-0.2, 0) is 11.4 Å². The van der Waals surface area contributed by atoms with Crippen molar-refractivity contribution in [2.75, 3.05) is 26.3 Å². The number of allylic oxidation sites excluding steroid dienone is 2. The molecule has 41 heavy (non-hydrogen) atoms. The Labute approximate surface area is 240 Å². The van der Waals surface area contributed by atoms with E-state index in [4.69, 9.17) is 20.2 Å². The molecule has 3 aliphatic rings. The molecule has 2 unspecified atom stereocenters. The highest BCUT2D eigenvalue weighted by Gasteiger charge is 2.52. The van der Waals surface area contributed by atoms with Gasteiger partial charge in [0.15, 0.2) is 22.2 Å². The summed E-state index contributed by atoms with van der Waals surface area (Å²) in [7, 11) is 0. The minimum Gasteiger partial charge on any atom is -0.593 e. The van der Waals surface area contributed by atoms with Crippen LogP contribution in [0.15, 0.2) is 94.1 Å². The molecule has 0 spiro atoms. The number of ether oxygens (including phenoxy) is 2. The second kappa shape index (κ2) is 11.1. The summed E-state index contributed by atoms with van der Waals surface area (Å²) in [5.74, 6) is 0.675. The first-order valence-electron chi connectivity index (χ1n) is 13.4. The summed E-state index contributed by atoms with van der Waals surface area (Å²) in [6.07, 6.45) is 5.75. The molecule has 10 heteroatoms. The molecular formula is C31H29FN4O4S. The average Bonchev–Trinajstić information content (AvgIpc) is 3.00. The lowest BCUT2D eigenvalue weighted by Gasteiger charge is -2.45. The number of aromatic nitrogens is 1. The maximum absolute atomic E-state index is 14.4. The van der Waals surface area contributed by atoms with Gasteiger partial charge >= 0.3 is 0 Å². The Morgan fingerprint density at radius 3 is 2.68 bits per heavy atom. The first-order valence-corrected chi connectivity index (χ1v) is 14.5. The van der Waals surface area contributed by atoms with Crippen LogP contribution in [0, 0.1) is 18.2 Å². The third-order valence-electron chi connectivity index (χ3n) is 7.63. The normalized spacial score (nSPS) is 23.1. The van der Waals surface area contributed by atoms with E-state index in [-0.39, 0.29) is 24.6 Å². The van der Waals surface area contributed by atoms with Crippen LogP contribution in [0.5, 0.6) is 11.5 Å². The highest BCUT2D eigenvalue weighted by molar-refractivity contribution is 7.89. The Kier molecular flexibility index (Phi) is 7.37. The van der Waals surface area contributed by atoms with E-state index in [2.05, 4.69) is 4.98 Å². The summed E-state index contributed by atoms with van der Waals surface area (Å²) >= 11 is -1.56. The number of carbonyl (C=O) groups excluding carboxylic acids is 1. The molecule has 1 aromatic heterocycles. The van der Waals surface area contributed by atoms with Crippen LogP contribution in [0.2, 0.25) is 0 Å². The number of carbonyl (C=O) groups is 1. The molecule has 3 heterocycles. The molecule has 2 aromatic carbocycles. The molecule has 210 valence electrons. The molecule has 6 rings (SSSR count). The number of aliphatic imine (C=N–C) groups is 1. The number of halogens is 1. The lowest BCUT2D eigenvalue weighted by atomic mass is 9.64. The van der Waals surface area contributed by atoms with Gasteiger partial charge in [0.2, 0.25) is 0 Å². The molecule has 2 N–H and O–H groups in total. The van der Waals surface area contributed by atoms with E-state index in [9.17, 15) is 13.7 Å². The van der Waals surface area contributed by atoms with Crippen molar-refractivity contribution in [3.05, 3.63) is 101 Å².